The second-order valence-electron chi connectivity index (χ2n) is 4.46. The summed E-state index contributed by atoms with van der Waals surface area (Å²) in [5, 5.41) is 11.7. The Labute approximate surface area is 107 Å². The van der Waals surface area contributed by atoms with Crippen LogP contribution in [-0.4, -0.2) is 35.2 Å². The van der Waals surface area contributed by atoms with E-state index in [9.17, 15) is 18.0 Å². The van der Waals surface area contributed by atoms with Gasteiger partial charge in [-0.2, -0.15) is 13.2 Å². The number of amides is 1. The van der Waals surface area contributed by atoms with Crippen molar-refractivity contribution in [1.29, 1.82) is 0 Å². The number of nitrogens with zero attached hydrogens (tertiary/aromatic N) is 1. The van der Waals surface area contributed by atoms with Crippen molar-refractivity contribution >= 4 is 6.09 Å². The van der Waals surface area contributed by atoms with Crippen LogP contribution in [0.5, 0.6) is 0 Å². The van der Waals surface area contributed by atoms with Crippen molar-refractivity contribution in [1.82, 2.24) is 10.2 Å². The summed E-state index contributed by atoms with van der Waals surface area (Å²) in [6.07, 6.45) is -5.27. The lowest BCUT2D eigenvalue weighted by atomic mass is 10.1. The quantitative estimate of drug-likeness (QED) is 0.888. The summed E-state index contributed by atoms with van der Waals surface area (Å²) < 4.78 is 37.0. The zero-order chi connectivity index (χ0) is 14.0. The topological polar surface area (TPSA) is 52.6 Å². The maximum absolute atomic E-state index is 12.3. The largest absolute Gasteiger partial charge is 0.465 e. The van der Waals surface area contributed by atoms with Crippen molar-refractivity contribution in [2.75, 3.05) is 13.1 Å². The van der Waals surface area contributed by atoms with E-state index < -0.39 is 17.8 Å². The van der Waals surface area contributed by atoms with Crippen molar-refractivity contribution in [3.8, 4) is 0 Å². The van der Waals surface area contributed by atoms with Gasteiger partial charge >= 0.3 is 12.3 Å². The van der Waals surface area contributed by atoms with Crippen molar-refractivity contribution in [3.63, 3.8) is 0 Å². The first-order chi connectivity index (χ1) is 8.86. The highest BCUT2D eigenvalue weighted by Crippen LogP contribution is 2.29. The van der Waals surface area contributed by atoms with Gasteiger partial charge in [0.15, 0.2) is 0 Å². The van der Waals surface area contributed by atoms with E-state index in [1.807, 2.05) is 0 Å². The van der Waals surface area contributed by atoms with Crippen LogP contribution in [0.1, 0.15) is 11.1 Å². The van der Waals surface area contributed by atoms with Crippen LogP contribution in [0.2, 0.25) is 0 Å². The van der Waals surface area contributed by atoms with Crippen LogP contribution >= 0.6 is 0 Å². The van der Waals surface area contributed by atoms with Gasteiger partial charge in [-0.05, 0) is 17.7 Å². The molecule has 1 aromatic rings. The zero-order valence-electron chi connectivity index (χ0n) is 9.94. The number of hydrogen-bond donors (Lipinski definition) is 2. The monoisotopic (exact) mass is 274 g/mol. The van der Waals surface area contributed by atoms with Gasteiger partial charge in [0.1, 0.15) is 0 Å². The number of halogens is 3. The molecule has 1 aliphatic rings. The van der Waals surface area contributed by atoms with Gasteiger partial charge in [0, 0.05) is 25.7 Å². The van der Waals surface area contributed by atoms with Crippen molar-refractivity contribution in [2.45, 2.75) is 18.8 Å². The molecule has 2 N–H and O–H groups in total. The van der Waals surface area contributed by atoms with E-state index in [0.29, 0.717) is 19.6 Å². The third kappa shape index (κ3) is 3.37. The molecule has 1 amide bonds. The molecule has 1 fully saturated rings. The number of rotatable bonds is 3. The second kappa shape index (κ2) is 5.08. The third-order valence-corrected chi connectivity index (χ3v) is 3.03. The zero-order valence-corrected chi connectivity index (χ0v) is 9.94. The van der Waals surface area contributed by atoms with Crippen LogP contribution in [-0.2, 0) is 12.7 Å². The predicted octanol–water partition coefficient (Wildman–Crippen LogP) is 2.16. The summed E-state index contributed by atoms with van der Waals surface area (Å²) in [5.41, 5.74) is 0.0683. The number of benzene rings is 1. The van der Waals surface area contributed by atoms with Crippen LogP contribution in [0.25, 0.3) is 0 Å². The number of carbonyl (C=O) groups is 1. The molecule has 7 heteroatoms. The standard InChI is InChI=1S/C12H13F3N2O2/c13-12(14,15)9-3-1-8(2-4-9)5-16-10-6-17(7-10)11(18)19/h1-4,10,16H,5-7H2,(H,18,19). The van der Waals surface area contributed by atoms with Gasteiger partial charge in [-0.1, -0.05) is 12.1 Å². The van der Waals surface area contributed by atoms with E-state index in [1.165, 1.54) is 17.0 Å². The fourth-order valence-corrected chi connectivity index (χ4v) is 1.84. The molecule has 0 saturated carbocycles. The van der Waals surface area contributed by atoms with Gasteiger partial charge in [0.25, 0.3) is 0 Å². The van der Waals surface area contributed by atoms with E-state index in [2.05, 4.69) is 5.32 Å². The molecule has 0 aliphatic carbocycles. The first kappa shape index (κ1) is 13.7. The number of hydrogen-bond acceptors (Lipinski definition) is 2. The molecule has 0 atom stereocenters. The summed E-state index contributed by atoms with van der Waals surface area (Å²) in [4.78, 5) is 11.8. The lowest BCUT2D eigenvalue weighted by Gasteiger charge is -2.37. The Kier molecular flexibility index (Phi) is 3.66. The Hall–Kier alpha value is -1.76. The smallest absolute Gasteiger partial charge is 0.416 e. The molecule has 104 valence electrons. The Bertz CT molecular complexity index is 453. The molecule has 4 nitrogen and oxygen atoms in total. The van der Waals surface area contributed by atoms with E-state index in [4.69, 9.17) is 5.11 Å². The van der Waals surface area contributed by atoms with Crippen LogP contribution in [0.4, 0.5) is 18.0 Å². The summed E-state index contributed by atoms with van der Waals surface area (Å²) in [6.45, 7) is 1.25. The lowest BCUT2D eigenvalue weighted by molar-refractivity contribution is -0.137. The lowest BCUT2D eigenvalue weighted by Crippen LogP contribution is -2.59. The van der Waals surface area contributed by atoms with Crippen LogP contribution in [0.3, 0.4) is 0 Å². The minimum atomic E-state index is -4.32. The molecular weight excluding hydrogens is 261 g/mol. The molecule has 1 heterocycles. The van der Waals surface area contributed by atoms with E-state index in [0.717, 1.165) is 17.7 Å². The second-order valence-corrected chi connectivity index (χ2v) is 4.46. The molecule has 1 aromatic carbocycles. The summed E-state index contributed by atoms with van der Waals surface area (Å²) in [5.74, 6) is 0. The highest BCUT2D eigenvalue weighted by molar-refractivity contribution is 5.66. The molecule has 0 unspecified atom stereocenters. The van der Waals surface area contributed by atoms with Gasteiger partial charge < -0.3 is 15.3 Å². The molecule has 0 aromatic heterocycles. The summed E-state index contributed by atoms with van der Waals surface area (Å²) in [7, 11) is 0. The van der Waals surface area contributed by atoms with Gasteiger partial charge in [0.2, 0.25) is 0 Å². The normalized spacial score (nSPS) is 16.3. The Morgan fingerprint density at radius 3 is 2.37 bits per heavy atom. The molecular formula is C12H13F3N2O2. The molecule has 0 bridgehead atoms. The van der Waals surface area contributed by atoms with Crippen molar-refractivity contribution in [2.24, 2.45) is 0 Å². The minimum Gasteiger partial charge on any atom is -0.465 e. The third-order valence-electron chi connectivity index (χ3n) is 3.03. The first-order valence-corrected chi connectivity index (χ1v) is 5.73. The highest BCUT2D eigenvalue weighted by atomic mass is 19.4. The Balaban J connectivity index is 1.80. The minimum absolute atomic E-state index is 0.0680. The fraction of sp³-hybridized carbons (Fsp3) is 0.417. The Morgan fingerprint density at radius 2 is 1.89 bits per heavy atom. The van der Waals surface area contributed by atoms with E-state index in [1.54, 1.807) is 0 Å². The summed E-state index contributed by atoms with van der Waals surface area (Å²) in [6, 6.07) is 4.99. The average molecular weight is 274 g/mol. The van der Waals surface area contributed by atoms with Gasteiger partial charge in [-0.25, -0.2) is 4.79 Å². The van der Waals surface area contributed by atoms with Crippen molar-refractivity contribution < 1.29 is 23.1 Å². The molecule has 2 rings (SSSR count). The SMILES string of the molecule is O=C(O)N1CC(NCc2ccc(C(F)(F)F)cc2)C1. The molecule has 19 heavy (non-hydrogen) atoms. The van der Waals surface area contributed by atoms with Crippen LogP contribution in [0, 0.1) is 0 Å². The number of carboxylic acid groups (broad SMARTS) is 1. The maximum Gasteiger partial charge on any atom is 0.416 e. The van der Waals surface area contributed by atoms with E-state index >= 15 is 0 Å². The molecule has 0 radical (unpaired) electrons. The van der Waals surface area contributed by atoms with Gasteiger partial charge in [-0.15, -0.1) is 0 Å². The van der Waals surface area contributed by atoms with Crippen LogP contribution < -0.4 is 5.32 Å². The average Bonchev–Trinajstić information content (AvgIpc) is 2.25. The number of alkyl halides is 3. The Morgan fingerprint density at radius 1 is 1.32 bits per heavy atom. The predicted molar refractivity (Wildman–Crippen MR) is 61.7 cm³/mol. The molecule has 0 spiro atoms. The molecule has 1 aliphatic heterocycles. The van der Waals surface area contributed by atoms with Gasteiger partial charge in [0.05, 0.1) is 5.56 Å². The summed E-state index contributed by atoms with van der Waals surface area (Å²) >= 11 is 0. The van der Waals surface area contributed by atoms with Crippen molar-refractivity contribution in [3.05, 3.63) is 35.4 Å². The first-order valence-electron chi connectivity index (χ1n) is 5.73. The fourth-order valence-electron chi connectivity index (χ4n) is 1.84. The maximum atomic E-state index is 12.3. The number of nitrogens with one attached hydrogen (secondary N) is 1. The highest BCUT2D eigenvalue weighted by Gasteiger charge is 2.31. The van der Waals surface area contributed by atoms with Crippen LogP contribution in [0.15, 0.2) is 24.3 Å². The number of likely N-dealkylation sites (tertiary alicyclic amines) is 1. The molecule has 1 saturated heterocycles. The van der Waals surface area contributed by atoms with Gasteiger partial charge in [-0.3, -0.25) is 0 Å². The van der Waals surface area contributed by atoms with E-state index in [-0.39, 0.29) is 6.04 Å².